The summed E-state index contributed by atoms with van der Waals surface area (Å²) in [7, 11) is 0. The van der Waals surface area contributed by atoms with Crippen molar-refractivity contribution in [1.82, 2.24) is 15.1 Å². The number of halogens is 3. The van der Waals surface area contributed by atoms with Gasteiger partial charge >= 0.3 is 6.18 Å². The second-order valence-electron chi connectivity index (χ2n) is 4.57. The lowest BCUT2D eigenvalue weighted by Gasteiger charge is -2.09. The number of pyridine rings is 1. The number of alkyl halides is 3. The number of ether oxygens (including phenoxy) is 1. The molecule has 23 heavy (non-hydrogen) atoms. The highest BCUT2D eigenvalue weighted by Crippen LogP contribution is 2.18. The Balaban J connectivity index is 1.79. The molecule has 1 amide bonds. The summed E-state index contributed by atoms with van der Waals surface area (Å²) in [5.41, 5.74) is 0.344. The zero-order chi connectivity index (χ0) is 16.9. The molecule has 0 aliphatic heterocycles. The fourth-order valence-electron chi connectivity index (χ4n) is 1.58. The van der Waals surface area contributed by atoms with Crippen LogP contribution in [-0.2, 0) is 11.2 Å². The van der Waals surface area contributed by atoms with E-state index in [4.69, 9.17) is 4.52 Å². The van der Waals surface area contributed by atoms with Crippen molar-refractivity contribution in [1.29, 1.82) is 0 Å². The minimum Gasteiger partial charge on any atom is -0.468 e. The first-order valence-corrected chi connectivity index (χ1v) is 6.56. The second kappa shape index (κ2) is 7.07. The molecule has 7 nitrogen and oxygen atoms in total. The third kappa shape index (κ3) is 5.93. The Hall–Kier alpha value is -2.65. The molecule has 2 rings (SSSR count). The van der Waals surface area contributed by atoms with Crippen LogP contribution in [0.25, 0.3) is 0 Å². The molecule has 10 heteroatoms. The van der Waals surface area contributed by atoms with Gasteiger partial charge < -0.3 is 14.6 Å². The number of hydrogen-bond donors (Lipinski definition) is 1. The van der Waals surface area contributed by atoms with Gasteiger partial charge in [-0.25, -0.2) is 4.98 Å². The predicted molar refractivity (Wildman–Crippen MR) is 71.8 cm³/mol. The van der Waals surface area contributed by atoms with Gasteiger partial charge in [-0.15, -0.1) is 0 Å². The fraction of sp³-hybridized carbons (Fsp3) is 0.385. The number of hydrogen-bond acceptors (Lipinski definition) is 6. The van der Waals surface area contributed by atoms with E-state index in [0.717, 1.165) is 0 Å². The Labute approximate surface area is 128 Å². The van der Waals surface area contributed by atoms with Gasteiger partial charge in [-0.3, -0.25) is 4.79 Å². The lowest BCUT2D eigenvalue weighted by atomic mass is 10.3. The highest BCUT2D eigenvalue weighted by molar-refractivity contribution is 5.90. The monoisotopic (exact) mass is 330 g/mol. The number of amides is 1. The van der Waals surface area contributed by atoms with Gasteiger partial charge in [-0.2, -0.15) is 18.2 Å². The Bertz CT molecular complexity index is 655. The number of carbonyl (C=O) groups excluding carboxylic acids is 1. The van der Waals surface area contributed by atoms with Gasteiger partial charge in [-0.05, 0) is 13.0 Å². The first-order chi connectivity index (χ1) is 10.8. The van der Waals surface area contributed by atoms with Crippen molar-refractivity contribution >= 4 is 11.6 Å². The van der Waals surface area contributed by atoms with Crippen molar-refractivity contribution < 1.29 is 27.2 Å². The zero-order valence-corrected chi connectivity index (χ0v) is 12.1. The standard InChI is InChI=1S/C13H13F3N4O3/c1-8-18-12(23-20-8)5-3-10(21)19-9-2-4-11(17-6-9)22-7-13(14,15)16/h2,4,6H,3,5,7H2,1H3,(H,19,21). The van der Waals surface area contributed by atoms with Gasteiger partial charge in [0.2, 0.25) is 17.7 Å². The van der Waals surface area contributed by atoms with Crippen LogP contribution in [0.2, 0.25) is 0 Å². The van der Waals surface area contributed by atoms with Crippen molar-refractivity contribution in [2.24, 2.45) is 0 Å². The van der Waals surface area contributed by atoms with E-state index in [1.54, 1.807) is 6.92 Å². The number of nitrogens with zero attached hydrogens (tertiary/aromatic N) is 3. The molecule has 2 heterocycles. The topological polar surface area (TPSA) is 90.1 Å². The average molecular weight is 330 g/mol. The number of anilines is 1. The number of carbonyl (C=O) groups is 1. The van der Waals surface area contributed by atoms with Crippen LogP contribution in [0, 0.1) is 6.92 Å². The number of rotatable bonds is 6. The molecule has 0 aliphatic carbocycles. The summed E-state index contributed by atoms with van der Waals surface area (Å²) in [6, 6.07) is 2.64. The Kier molecular flexibility index (Phi) is 5.14. The molecule has 0 aliphatic rings. The first-order valence-electron chi connectivity index (χ1n) is 6.56. The Morgan fingerprint density at radius 1 is 1.39 bits per heavy atom. The highest BCUT2D eigenvalue weighted by Gasteiger charge is 2.28. The molecule has 0 bridgehead atoms. The maximum atomic E-state index is 12.0. The smallest absolute Gasteiger partial charge is 0.422 e. The van der Waals surface area contributed by atoms with Crippen LogP contribution in [0.15, 0.2) is 22.9 Å². The minimum atomic E-state index is -4.43. The molecule has 0 aromatic carbocycles. The minimum absolute atomic E-state index is 0.119. The molecule has 0 saturated heterocycles. The summed E-state index contributed by atoms with van der Waals surface area (Å²) < 4.78 is 45.3. The van der Waals surface area contributed by atoms with E-state index < -0.39 is 12.8 Å². The number of nitrogens with one attached hydrogen (secondary N) is 1. The average Bonchev–Trinajstić information content (AvgIpc) is 2.89. The third-order valence-corrected chi connectivity index (χ3v) is 2.54. The molecule has 0 saturated carbocycles. The molecule has 0 spiro atoms. The number of aromatic nitrogens is 3. The van der Waals surface area contributed by atoms with Crippen LogP contribution >= 0.6 is 0 Å². The van der Waals surface area contributed by atoms with E-state index in [9.17, 15) is 18.0 Å². The third-order valence-electron chi connectivity index (χ3n) is 2.54. The molecule has 0 fully saturated rings. The summed E-state index contributed by atoms with van der Waals surface area (Å²) in [4.78, 5) is 19.4. The summed E-state index contributed by atoms with van der Waals surface area (Å²) >= 11 is 0. The second-order valence-corrected chi connectivity index (χ2v) is 4.57. The van der Waals surface area contributed by atoms with Crippen LogP contribution in [-0.4, -0.2) is 33.8 Å². The molecule has 1 N–H and O–H groups in total. The Morgan fingerprint density at radius 2 is 2.17 bits per heavy atom. The van der Waals surface area contributed by atoms with Gasteiger partial charge in [0.15, 0.2) is 12.4 Å². The molecule has 0 atom stereocenters. The van der Waals surface area contributed by atoms with Crippen LogP contribution in [0.5, 0.6) is 5.88 Å². The van der Waals surface area contributed by atoms with Gasteiger partial charge in [0.05, 0.1) is 11.9 Å². The van der Waals surface area contributed by atoms with Crippen LogP contribution < -0.4 is 10.1 Å². The van der Waals surface area contributed by atoms with Crippen LogP contribution in [0.4, 0.5) is 18.9 Å². The van der Waals surface area contributed by atoms with Crippen molar-refractivity contribution in [2.45, 2.75) is 25.9 Å². The largest absolute Gasteiger partial charge is 0.468 e. The van der Waals surface area contributed by atoms with E-state index >= 15 is 0 Å². The van der Waals surface area contributed by atoms with Crippen LogP contribution in [0.3, 0.4) is 0 Å². The first kappa shape index (κ1) is 16.7. The molecule has 0 radical (unpaired) electrons. The van der Waals surface area contributed by atoms with E-state index in [0.29, 0.717) is 17.4 Å². The van der Waals surface area contributed by atoms with Gasteiger partial charge in [0, 0.05) is 18.9 Å². The molecule has 124 valence electrons. The van der Waals surface area contributed by atoms with E-state index in [1.807, 2.05) is 0 Å². The van der Waals surface area contributed by atoms with Crippen molar-refractivity contribution in [3.8, 4) is 5.88 Å². The van der Waals surface area contributed by atoms with Crippen LogP contribution in [0.1, 0.15) is 18.1 Å². The van der Waals surface area contributed by atoms with Crippen molar-refractivity contribution in [3.05, 3.63) is 30.0 Å². The molecule has 2 aromatic heterocycles. The van der Waals surface area contributed by atoms with Gasteiger partial charge in [-0.1, -0.05) is 5.16 Å². The predicted octanol–water partition coefficient (Wildman–Crippen LogP) is 2.29. The van der Waals surface area contributed by atoms with Crippen molar-refractivity contribution in [3.63, 3.8) is 0 Å². The normalized spacial score (nSPS) is 11.3. The molecular weight excluding hydrogens is 317 g/mol. The highest BCUT2D eigenvalue weighted by atomic mass is 19.4. The maximum Gasteiger partial charge on any atom is 0.422 e. The SMILES string of the molecule is Cc1noc(CCC(=O)Nc2ccc(OCC(F)(F)F)nc2)n1. The maximum absolute atomic E-state index is 12.0. The summed E-state index contributed by atoms with van der Waals surface area (Å²) in [5, 5.41) is 6.15. The van der Waals surface area contributed by atoms with Gasteiger partial charge in [0.1, 0.15) is 0 Å². The lowest BCUT2D eigenvalue weighted by Crippen LogP contribution is -2.19. The lowest BCUT2D eigenvalue weighted by molar-refractivity contribution is -0.154. The molecule has 0 unspecified atom stereocenters. The summed E-state index contributed by atoms with van der Waals surface area (Å²) in [6.45, 7) is 0.246. The summed E-state index contributed by atoms with van der Waals surface area (Å²) in [5.74, 6) is 0.346. The Morgan fingerprint density at radius 3 is 2.74 bits per heavy atom. The fourth-order valence-corrected chi connectivity index (χ4v) is 1.58. The van der Waals surface area contributed by atoms with Crippen molar-refractivity contribution in [2.75, 3.05) is 11.9 Å². The van der Waals surface area contributed by atoms with E-state index in [2.05, 4.69) is 25.2 Å². The molecule has 2 aromatic rings. The zero-order valence-electron chi connectivity index (χ0n) is 12.1. The number of aryl methyl sites for hydroxylation is 2. The van der Waals surface area contributed by atoms with E-state index in [1.165, 1.54) is 18.3 Å². The summed E-state index contributed by atoms with van der Waals surface area (Å²) in [6.07, 6.45) is -2.82. The molecular formula is C13H13F3N4O3. The van der Waals surface area contributed by atoms with E-state index in [-0.39, 0.29) is 24.6 Å². The quantitative estimate of drug-likeness (QED) is 0.874. The van der Waals surface area contributed by atoms with Gasteiger partial charge in [0.25, 0.3) is 0 Å².